The molecule has 0 saturated carbocycles. The van der Waals surface area contributed by atoms with E-state index in [9.17, 15) is 0 Å². The molecule has 2 aromatic heterocycles. The maximum absolute atomic E-state index is 5.83. The third-order valence-electron chi connectivity index (χ3n) is 9.69. The van der Waals surface area contributed by atoms with Gasteiger partial charge in [0.15, 0.2) is 0 Å². The summed E-state index contributed by atoms with van der Waals surface area (Å²) in [5.74, 6) is 3.78. The Morgan fingerprint density at radius 3 is 1.17 bits per heavy atom. The molecule has 0 amide bonds. The van der Waals surface area contributed by atoms with Gasteiger partial charge >= 0.3 is 30.2 Å². The topological polar surface area (TPSA) is 26.3 Å². The van der Waals surface area contributed by atoms with Gasteiger partial charge in [-0.15, -0.1) is 82.8 Å². The van der Waals surface area contributed by atoms with Crippen molar-refractivity contribution in [2.75, 3.05) is 0 Å². The molecule has 0 aliphatic rings. The fraction of sp³-hybridized carbons (Fsp3) is 0.167. The van der Waals surface area contributed by atoms with Crippen molar-refractivity contribution in [1.29, 1.82) is 0 Å². The molecule has 0 atom stereocenters. The van der Waals surface area contributed by atoms with Crippen molar-refractivity contribution in [1.82, 2.24) is 0 Å². The minimum absolute atomic E-state index is 0. The van der Waals surface area contributed by atoms with Gasteiger partial charge in [-0.2, -0.15) is 0 Å². The second-order valence-corrected chi connectivity index (χ2v) is 12.8. The molecular weight excluding hydrogens is 799 g/mol. The number of hydrogen-bond donors (Lipinski definition) is 0. The van der Waals surface area contributed by atoms with Gasteiger partial charge in [0.2, 0.25) is 0 Å². The molecular formula is C48H50Cl2O2SiZr-4. The minimum atomic E-state index is 0. The summed E-state index contributed by atoms with van der Waals surface area (Å²) in [6, 6.07) is 43.2. The number of hydrogen-bond acceptors (Lipinski definition) is 2. The van der Waals surface area contributed by atoms with E-state index in [4.69, 9.17) is 8.83 Å². The Morgan fingerprint density at radius 2 is 0.870 bits per heavy atom. The number of rotatable bonds is 6. The monoisotopic (exact) mass is 846 g/mol. The van der Waals surface area contributed by atoms with Crippen molar-refractivity contribution < 1.29 is 32.2 Å². The Bertz CT molecular complexity index is 2210. The molecule has 2 nitrogen and oxygen atoms in total. The Kier molecular flexibility index (Phi) is 18.0. The molecule has 8 rings (SSSR count). The average molecular weight is 849 g/mol. The number of benzene rings is 4. The third kappa shape index (κ3) is 9.58. The van der Waals surface area contributed by atoms with E-state index in [2.05, 4.69) is 144 Å². The molecule has 6 aromatic carbocycles. The van der Waals surface area contributed by atoms with Crippen LogP contribution in [0.15, 0.2) is 130 Å². The normalized spacial score (nSPS) is 10.1. The zero-order valence-corrected chi connectivity index (χ0v) is 37.7. The van der Waals surface area contributed by atoms with Crippen LogP contribution in [0, 0.1) is 42.5 Å². The van der Waals surface area contributed by atoms with Crippen molar-refractivity contribution in [2.24, 2.45) is 0 Å². The first-order valence-electron chi connectivity index (χ1n) is 17.3. The van der Waals surface area contributed by atoms with Crippen LogP contribution in [0.2, 0.25) is 0 Å². The van der Waals surface area contributed by atoms with E-state index >= 15 is 0 Å². The summed E-state index contributed by atoms with van der Waals surface area (Å²) in [6.45, 7) is 16.0. The molecule has 0 saturated heterocycles. The molecule has 2 heterocycles. The second-order valence-electron chi connectivity index (χ2n) is 12.8. The molecule has 0 N–H and O–H groups in total. The summed E-state index contributed by atoms with van der Waals surface area (Å²) in [4.78, 5) is 0. The van der Waals surface area contributed by atoms with E-state index in [1.54, 1.807) is 0 Å². The van der Waals surface area contributed by atoms with Gasteiger partial charge in [0.25, 0.3) is 0 Å². The molecule has 280 valence electrons. The summed E-state index contributed by atoms with van der Waals surface area (Å²) >= 11 is 1.36. The van der Waals surface area contributed by atoms with E-state index < -0.39 is 0 Å². The fourth-order valence-corrected chi connectivity index (χ4v) is 7.19. The predicted octanol–water partition coefficient (Wildman–Crippen LogP) is 14.7. The van der Waals surface area contributed by atoms with Gasteiger partial charge in [-0.25, -0.2) is 0 Å². The van der Waals surface area contributed by atoms with Crippen molar-refractivity contribution in [3.8, 4) is 44.9 Å². The van der Waals surface area contributed by atoms with Gasteiger partial charge in [0.1, 0.15) is 0 Å². The van der Waals surface area contributed by atoms with Crippen molar-refractivity contribution in [3.63, 3.8) is 0 Å². The summed E-state index contributed by atoms with van der Waals surface area (Å²) in [5, 5.41) is 5.20. The fourth-order valence-electron chi connectivity index (χ4n) is 7.19. The quantitative estimate of drug-likeness (QED) is 0.123. The van der Waals surface area contributed by atoms with Crippen LogP contribution in [0.5, 0.6) is 0 Å². The van der Waals surface area contributed by atoms with Gasteiger partial charge in [-0.05, 0) is 87.1 Å². The van der Waals surface area contributed by atoms with Crippen LogP contribution in [0.4, 0.5) is 0 Å². The van der Waals surface area contributed by atoms with E-state index in [0.717, 1.165) is 47.0 Å². The number of furan rings is 2. The number of aryl methyl sites for hydroxylation is 4. The molecule has 0 aliphatic carbocycles. The number of fused-ring (bicyclic) bond motifs is 2. The summed E-state index contributed by atoms with van der Waals surface area (Å²) < 4.78 is 11.7. The Balaban J connectivity index is 0.000000334. The molecule has 6 heteroatoms. The zero-order chi connectivity index (χ0) is 35.4. The molecule has 0 bridgehead atoms. The molecule has 0 unspecified atom stereocenters. The second kappa shape index (κ2) is 20.9. The zero-order valence-electron chi connectivity index (χ0n) is 32.6. The Labute approximate surface area is 352 Å². The van der Waals surface area contributed by atoms with Crippen LogP contribution in [-0.4, -0.2) is 6.88 Å². The third-order valence-corrected chi connectivity index (χ3v) is 9.69. The van der Waals surface area contributed by atoms with Gasteiger partial charge in [0, 0.05) is 0 Å². The van der Waals surface area contributed by atoms with Crippen LogP contribution in [0.3, 0.4) is 0 Å². The SMILES string of the molecule is CCc1cc2[cH-]c(-c3ccc(C)o3)cc2c(-c2ccccc2)c1C.CCc1cc2[cH-]c(-c3ccc(C)o3)cc2c(-c2ccccc2)c1C.Cl.Cl.[CH3-].[CH3-].[Si]=[Zr]. The van der Waals surface area contributed by atoms with Gasteiger partial charge in [-0.3, -0.25) is 0 Å². The first-order valence-corrected chi connectivity index (χ1v) is 21.5. The van der Waals surface area contributed by atoms with Crippen molar-refractivity contribution >= 4 is 53.2 Å². The van der Waals surface area contributed by atoms with E-state index in [1.807, 2.05) is 26.0 Å². The van der Waals surface area contributed by atoms with Crippen LogP contribution < -0.4 is 0 Å². The van der Waals surface area contributed by atoms with Crippen LogP contribution in [0.1, 0.15) is 47.6 Å². The molecule has 0 spiro atoms. The molecule has 8 aromatic rings. The predicted molar refractivity (Wildman–Crippen MR) is 236 cm³/mol. The maximum atomic E-state index is 5.83. The molecule has 54 heavy (non-hydrogen) atoms. The van der Waals surface area contributed by atoms with Crippen LogP contribution >= 0.6 is 24.8 Å². The van der Waals surface area contributed by atoms with E-state index in [0.29, 0.717) is 0 Å². The van der Waals surface area contributed by atoms with Gasteiger partial charge in [-0.1, -0.05) is 108 Å². The van der Waals surface area contributed by atoms with Crippen molar-refractivity contribution in [2.45, 2.75) is 54.4 Å². The molecule has 2 radical (unpaired) electrons. The van der Waals surface area contributed by atoms with Gasteiger partial charge in [0.05, 0.1) is 23.0 Å². The summed E-state index contributed by atoms with van der Waals surface area (Å²) in [7, 11) is 0. The van der Waals surface area contributed by atoms with Crippen LogP contribution in [0.25, 0.3) is 66.4 Å². The Hall–Kier alpha value is -3.66. The van der Waals surface area contributed by atoms with Crippen LogP contribution in [-0.2, 0) is 36.2 Å². The Morgan fingerprint density at radius 1 is 0.519 bits per heavy atom. The first kappa shape index (κ1) is 46.5. The summed E-state index contributed by atoms with van der Waals surface area (Å²) in [5.41, 5.74) is 13.1. The number of halogens is 2. The van der Waals surface area contributed by atoms with E-state index in [1.165, 1.54) is 89.4 Å². The first-order chi connectivity index (χ1) is 24.3. The van der Waals surface area contributed by atoms with E-state index in [-0.39, 0.29) is 39.7 Å². The van der Waals surface area contributed by atoms with Crippen molar-refractivity contribution in [3.05, 3.63) is 170 Å². The standard InChI is InChI=1S/2C23H21O.2CH3.2ClH.Si.Zr/c2*1-4-17-12-19-13-20(22-11-10-15(2)24-22)14-21(19)23(16(17)3)18-8-6-5-7-9-18;;;;;;/h2*5-14H,4H2,1-3H3;2*1H3;2*1H;;/q4*-1;;;;. The molecule has 0 aliphatic heterocycles. The van der Waals surface area contributed by atoms with Gasteiger partial charge < -0.3 is 23.7 Å². The summed E-state index contributed by atoms with van der Waals surface area (Å²) in [6.07, 6.45) is 2.09. The average Bonchev–Trinajstić information content (AvgIpc) is 3.96. The molecule has 0 fully saturated rings.